The van der Waals surface area contributed by atoms with Crippen molar-refractivity contribution in [2.24, 2.45) is 0 Å². The lowest BCUT2D eigenvalue weighted by atomic mass is 10.0. The lowest BCUT2D eigenvalue weighted by Crippen LogP contribution is -2.36. The van der Waals surface area contributed by atoms with Gasteiger partial charge < -0.3 is 10.4 Å². The summed E-state index contributed by atoms with van der Waals surface area (Å²) in [6.07, 6.45) is 0.769. The molecule has 14 heavy (non-hydrogen) atoms. The summed E-state index contributed by atoms with van der Waals surface area (Å²) >= 11 is 5.19. The maximum atomic E-state index is 9.75. The minimum Gasteiger partial charge on any atom is -0.389 e. The molecule has 0 saturated heterocycles. The van der Waals surface area contributed by atoms with Crippen molar-refractivity contribution in [1.82, 2.24) is 5.32 Å². The van der Waals surface area contributed by atoms with Crippen LogP contribution in [0.15, 0.2) is 15.9 Å². The smallest absolute Gasteiger partial charge is 0.0741 e. The monoisotopic (exact) mass is 277 g/mol. The second-order valence-electron chi connectivity index (χ2n) is 3.65. The largest absolute Gasteiger partial charge is 0.389 e. The van der Waals surface area contributed by atoms with Crippen LogP contribution in [-0.4, -0.2) is 17.3 Å². The first kappa shape index (κ1) is 12.2. The molecule has 0 bridgehead atoms. The fraction of sp³-hybridized carbons (Fsp3) is 0.600. The molecule has 1 atom stereocenters. The Morgan fingerprint density at radius 1 is 1.64 bits per heavy atom. The Labute approximate surface area is 97.5 Å². The molecule has 0 saturated carbocycles. The quantitative estimate of drug-likeness (QED) is 0.868. The van der Waals surface area contributed by atoms with Gasteiger partial charge in [-0.15, -0.1) is 11.3 Å². The molecule has 1 rings (SSSR count). The van der Waals surface area contributed by atoms with Gasteiger partial charge in [0.15, 0.2) is 0 Å². The number of hydrogen-bond acceptors (Lipinski definition) is 3. The van der Waals surface area contributed by atoms with E-state index in [1.165, 1.54) is 4.88 Å². The molecular weight excluding hydrogens is 262 g/mol. The third-order valence-corrected chi connectivity index (χ3v) is 4.17. The minimum atomic E-state index is -0.594. The van der Waals surface area contributed by atoms with Crippen LogP contribution in [0.25, 0.3) is 0 Å². The average Bonchev–Trinajstić information content (AvgIpc) is 2.52. The van der Waals surface area contributed by atoms with Crippen LogP contribution >= 0.6 is 27.3 Å². The molecule has 1 aromatic rings. The van der Waals surface area contributed by atoms with E-state index in [0.717, 1.165) is 17.4 Å². The van der Waals surface area contributed by atoms with Crippen molar-refractivity contribution in [2.45, 2.75) is 32.4 Å². The molecule has 4 heteroatoms. The van der Waals surface area contributed by atoms with Gasteiger partial charge in [0.25, 0.3) is 0 Å². The summed E-state index contributed by atoms with van der Waals surface area (Å²) in [5.41, 5.74) is -0.594. The van der Waals surface area contributed by atoms with Crippen LogP contribution < -0.4 is 5.32 Å². The molecule has 0 aromatic carbocycles. The lowest BCUT2D eigenvalue weighted by Gasteiger charge is -2.21. The van der Waals surface area contributed by atoms with Crippen molar-refractivity contribution in [1.29, 1.82) is 0 Å². The Hall–Kier alpha value is 0.100. The molecule has 1 aromatic heterocycles. The van der Waals surface area contributed by atoms with Gasteiger partial charge in [-0.1, -0.05) is 6.92 Å². The topological polar surface area (TPSA) is 32.3 Å². The van der Waals surface area contributed by atoms with E-state index in [0.29, 0.717) is 6.54 Å². The van der Waals surface area contributed by atoms with Crippen LogP contribution in [0.1, 0.15) is 25.1 Å². The lowest BCUT2D eigenvalue weighted by molar-refractivity contribution is 0.0556. The second-order valence-corrected chi connectivity index (χ2v) is 5.50. The van der Waals surface area contributed by atoms with Crippen molar-refractivity contribution in [2.75, 3.05) is 6.54 Å². The van der Waals surface area contributed by atoms with Gasteiger partial charge in [0.2, 0.25) is 0 Å². The molecule has 80 valence electrons. The van der Waals surface area contributed by atoms with E-state index in [1.807, 2.05) is 19.9 Å². The molecule has 0 aliphatic heterocycles. The highest BCUT2D eigenvalue weighted by Gasteiger charge is 2.16. The van der Waals surface area contributed by atoms with E-state index in [9.17, 15) is 5.11 Å². The van der Waals surface area contributed by atoms with E-state index in [2.05, 4.69) is 26.6 Å². The third-order valence-electron chi connectivity index (χ3n) is 2.24. The first-order valence-electron chi connectivity index (χ1n) is 4.70. The van der Waals surface area contributed by atoms with Gasteiger partial charge in [0, 0.05) is 22.4 Å². The summed E-state index contributed by atoms with van der Waals surface area (Å²) < 4.78 is 1.14. The van der Waals surface area contributed by atoms with Gasteiger partial charge in [-0.3, -0.25) is 0 Å². The molecular formula is C10H16BrNOS. The third kappa shape index (κ3) is 3.69. The van der Waals surface area contributed by atoms with E-state index < -0.39 is 5.60 Å². The molecule has 2 nitrogen and oxygen atoms in total. The zero-order valence-corrected chi connectivity index (χ0v) is 10.9. The summed E-state index contributed by atoms with van der Waals surface area (Å²) in [6.45, 7) is 5.29. The number of aliphatic hydroxyl groups is 1. The van der Waals surface area contributed by atoms with Gasteiger partial charge in [-0.2, -0.15) is 0 Å². The van der Waals surface area contributed by atoms with Crippen LogP contribution in [0.4, 0.5) is 0 Å². The molecule has 0 aliphatic rings. The average molecular weight is 278 g/mol. The molecule has 0 spiro atoms. The number of halogens is 1. The van der Waals surface area contributed by atoms with E-state index in [4.69, 9.17) is 0 Å². The second kappa shape index (κ2) is 5.26. The fourth-order valence-electron chi connectivity index (χ4n) is 1.02. The summed E-state index contributed by atoms with van der Waals surface area (Å²) in [7, 11) is 0. The van der Waals surface area contributed by atoms with Crippen LogP contribution in [0.3, 0.4) is 0 Å². The van der Waals surface area contributed by atoms with Gasteiger partial charge in [0.05, 0.1) is 5.60 Å². The van der Waals surface area contributed by atoms with Gasteiger partial charge in [-0.05, 0) is 40.7 Å². The highest BCUT2D eigenvalue weighted by molar-refractivity contribution is 9.10. The summed E-state index contributed by atoms with van der Waals surface area (Å²) in [5, 5.41) is 15.1. The molecule has 0 amide bonds. The first-order chi connectivity index (χ1) is 6.55. The van der Waals surface area contributed by atoms with E-state index >= 15 is 0 Å². The van der Waals surface area contributed by atoms with Crippen LogP contribution in [0.5, 0.6) is 0 Å². The predicted molar refractivity (Wildman–Crippen MR) is 64.6 cm³/mol. The van der Waals surface area contributed by atoms with Gasteiger partial charge in [0.1, 0.15) is 0 Å². The predicted octanol–water partition coefficient (Wildman–Crippen LogP) is 2.76. The van der Waals surface area contributed by atoms with Crippen molar-refractivity contribution in [3.63, 3.8) is 0 Å². The molecule has 2 N–H and O–H groups in total. The van der Waals surface area contributed by atoms with Crippen LogP contribution in [0, 0.1) is 0 Å². The highest BCUT2D eigenvalue weighted by Crippen LogP contribution is 2.22. The normalized spacial score (nSPS) is 15.4. The Bertz CT molecular complexity index is 285. The Kier molecular flexibility index (Phi) is 4.57. The Morgan fingerprint density at radius 2 is 2.36 bits per heavy atom. The molecule has 1 unspecified atom stereocenters. The number of nitrogens with one attached hydrogen (secondary N) is 1. The maximum absolute atomic E-state index is 9.75. The van der Waals surface area contributed by atoms with Crippen LogP contribution in [0.2, 0.25) is 0 Å². The number of hydrogen-bond donors (Lipinski definition) is 2. The Balaban J connectivity index is 2.32. The van der Waals surface area contributed by atoms with Crippen molar-refractivity contribution in [3.8, 4) is 0 Å². The molecule has 1 heterocycles. The standard InChI is InChI=1S/C10H16BrNOS/c1-3-10(2,13)7-12-6-9-8(11)4-5-14-9/h4-5,12-13H,3,6-7H2,1-2H3. The van der Waals surface area contributed by atoms with Crippen molar-refractivity contribution in [3.05, 3.63) is 20.8 Å². The fourth-order valence-corrected chi connectivity index (χ4v) is 2.48. The molecule has 0 aliphatic carbocycles. The Morgan fingerprint density at radius 3 is 2.86 bits per heavy atom. The summed E-state index contributed by atoms with van der Waals surface area (Å²) in [4.78, 5) is 1.27. The van der Waals surface area contributed by atoms with E-state index in [1.54, 1.807) is 11.3 Å². The first-order valence-corrected chi connectivity index (χ1v) is 6.37. The SMILES string of the molecule is CCC(C)(O)CNCc1sccc1Br. The van der Waals surface area contributed by atoms with Crippen LogP contribution in [-0.2, 0) is 6.54 Å². The molecule has 0 fully saturated rings. The van der Waals surface area contributed by atoms with E-state index in [-0.39, 0.29) is 0 Å². The highest BCUT2D eigenvalue weighted by atomic mass is 79.9. The van der Waals surface area contributed by atoms with Gasteiger partial charge >= 0.3 is 0 Å². The maximum Gasteiger partial charge on any atom is 0.0741 e. The zero-order chi connectivity index (χ0) is 10.6. The minimum absolute atomic E-state index is 0.594. The molecule has 0 radical (unpaired) electrons. The van der Waals surface area contributed by atoms with Gasteiger partial charge in [-0.25, -0.2) is 0 Å². The van der Waals surface area contributed by atoms with Crippen molar-refractivity contribution >= 4 is 27.3 Å². The van der Waals surface area contributed by atoms with Crippen molar-refractivity contribution < 1.29 is 5.11 Å². The summed E-state index contributed by atoms with van der Waals surface area (Å²) in [6, 6.07) is 2.04. The number of thiophene rings is 1. The zero-order valence-electron chi connectivity index (χ0n) is 8.51. The summed E-state index contributed by atoms with van der Waals surface area (Å²) in [5.74, 6) is 0. The number of rotatable bonds is 5.